The average molecular weight is 454 g/mol. The Kier molecular flexibility index (Phi) is 4.65. The lowest BCUT2D eigenvalue weighted by Crippen LogP contribution is -2.39. The summed E-state index contributed by atoms with van der Waals surface area (Å²) in [6.07, 6.45) is 5.48. The van der Waals surface area contributed by atoms with Gasteiger partial charge in [0.15, 0.2) is 5.65 Å². The lowest BCUT2D eigenvalue weighted by Gasteiger charge is -2.31. The summed E-state index contributed by atoms with van der Waals surface area (Å²) in [6, 6.07) is 8.28. The summed E-state index contributed by atoms with van der Waals surface area (Å²) >= 11 is 3.52. The molecule has 148 valence electrons. The molecular formula is C20H20BrN7O. The summed E-state index contributed by atoms with van der Waals surface area (Å²) in [5.41, 5.74) is 9.46. The molecule has 0 bridgehead atoms. The smallest absolute Gasteiger partial charge is 0.224 e. The Labute approximate surface area is 175 Å². The molecule has 8 nitrogen and oxygen atoms in total. The number of aliphatic hydroxyl groups excluding tert-OH is 1. The summed E-state index contributed by atoms with van der Waals surface area (Å²) in [6.45, 7) is 0.544. The molecule has 1 fully saturated rings. The maximum atomic E-state index is 9.51. The minimum Gasteiger partial charge on any atom is -0.393 e. The van der Waals surface area contributed by atoms with Crippen LogP contribution in [0, 0.1) is 0 Å². The second-order valence-electron chi connectivity index (χ2n) is 7.32. The second kappa shape index (κ2) is 7.33. The first kappa shape index (κ1) is 18.4. The van der Waals surface area contributed by atoms with Crippen LogP contribution in [0.15, 0.2) is 41.3 Å². The Morgan fingerprint density at radius 2 is 2.14 bits per heavy atom. The third-order valence-corrected chi connectivity index (χ3v) is 5.84. The maximum absolute atomic E-state index is 9.51. The molecule has 4 aromatic rings. The summed E-state index contributed by atoms with van der Waals surface area (Å²) in [5.74, 6) is 0.535. The molecule has 1 aliphatic carbocycles. The van der Waals surface area contributed by atoms with E-state index in [2.05, 4.69) is 48.4 Å². The zero-order valence-electron chi connectivity index (χ0n) is 15.6. The monoisotopic (exact) mass is 453 g/mol. The van der Waals surface area contributed by atoms with Crippen LogP contribution in [0.3, 0.4) is 0 Å². The van der Waals surface area contributed by atoms with Gasteiger partial charge in [-0.3, -0.25) is 4.98 Å². The largest absolute Gasteiger partial charge is 0.393 e. The van der Waals surface area contributed by atoms with Gasteiger partial charge in [-0.25, -0.2) is 9.67 Å². The van der Waals surface area contributed by atoms with Crippen molar-refractivity contribution >= 4 is 43.8 Å². The lowest BCUT2D eigenvalue weighted by atomic mass is 9.90. The molecule has 29 heavy (non-hydrogen) atoms. The van der Waals surface area contributed by atoms with Crippen molar-refractivity contribution in [2.75, 3.05) is 11.9 Å². The highest BCUT2D eigenvalue weighted by atomic mass is 79.9. The van der Waals surface area contributed by atoms with Crippen molar-refractivity contribution < 1.29 is 5.11 Å². The number of nitrogens with zero attached hydrogens (tertiary/aromatic N) is 5. The van der Waals surface area contributed by atoms with Crippen LogP contribution < -0.4 is 11.1 Å². The molecule has 0 spiro atoms. The van der Waals surface area contributed by atoms with Gasteiger partial charge in [0.1, 0.15) is 4.60 Å². The number of nitrogens with one attached hydrogen (secondary N) is 1. The molecule has 0 saturated heterocycles. The molecule has 0 radical (unpaired) electrons. The van der Waals surface area contributed by atoms with E-state index >= 15 is 0 Å². The normalized spacial score (nSPS) is 18.9. The zero-order valence-corrected chi connectivity index (χ0v) is 17.2. The summed E-state index contributed by atoms with van der Waals surface area (Å²) in [7, 11) is 0. The summed E-state index contributed by atoms with van der Waals surface area (Å²) < 4.78 is 2.50. The van der Waals surface area contributed by atoms with Gasteiger partial charge in [0.2, 0.25) is 5.95 Å². The SMILES string of the molecule is NCCc1cc(-n2nc(Br)c3cnc(NC4CC(O)C4)nc32)cc2cccnc12. The highest BCUT2D eigenvalue weighted by Crippen LogP contribution is 2.29. The predicted molar refractivity (Wildman–Crippen MR) is 115 cm³/mol. The van der Waals surface area contributed by atoms with Crippen LogP contribution in [0.25, 0.3) is 27.6 Å². The molecule has 5 rings (SSSR count). The van der Waals surface area contributed by atoms with Crippen LogP contribution in [0.4, 0.5) is 5.95 Å². The number of nitrogens with two attached hydrogens (primary N) is 1. The number of anilines is 1. The fourth-order valence-corrected chi connectivity index (χ4v) is 4.16. The topological polar surface area (TPSA) is 115 Å². The number of aliphatic hydroxyl groups is 1. The molecule has 0 atom stereocenters. The number of pyridine rings is 1. The zero-order chi connectivity index (χ0) is 20.0. The first-order chi connectivity index (χ1) is 14.1. The van der Waals surface area contributed by atoms with Gasteiger partial charge in [0.25, 0.3) is 0 Å². The van der Waals surface area contributed by atoms with Crippen molar-refractivity contribution in [2.45, 2.75) is 31.4 Å². The van der Waals surface area contributed by atoms with Crippen LogP contribution >= 0.6 is 15.9 Å². The number of aromatic nitrogens is 5. The van der Waals surface area contributed by atoms with Gasteiger partial charge >= 0.3 is 0 Å². The molecule has 3 heterocycles. The Bertz CT molecular complexity index is 1200. The molecule has 9 heteroatoms. The fraction of sp³-hybridized carbons (Fsp3) is 0.300. The van der Waals surface area contributed by atoms with E-state index in [0.717, 1.165) is 34.0 Å². The van der Waals surface area contributed by atoms with Crippen molar-refractivity contribution in [3.8, 4) is 5.69 Å². The standard InChI is InChI=1S/C20H20BrN7O/c21-18-16-10-24-20(25-13-8-15(29)9-13)26-19(16)28(27-18)14-6-11-2-1-5-23-17(11)12(7-14)3-4-22/h1-2,5-7,10,13,15,29H,3-4,8-9,22H2,(H,24,25,26). The van der Waals surface area contributed by atoms with E-state index in [1.54, 1.807) is 12.4 Å². The molecule has 4 N–H and O–H groups in total. The van der Waals surface area contributed by atoms with Gasteiger partial charge in [-0.1, -0.05) is 6.07 Å². The van der Waals surface area contributed by atoms with Crippen LogP contribution in [-0.2, 0) is 6.42 Å². The van der Waals surface area contributed by atoms with Gasteiger partial charge < -0.3 is 16.2 Å². The first-order valence-corrected chi connectivity index (χ1v) is 10.4. The van der Waals surface area contributed by atoms with Crippen molar-refractivity contribution in [1.82, 2.24) is 24.7 Å². The molecule has 0 aliphatic heterocycles. The molecule has 0 amide bonds. The van der Waals surface area contributed by atoms with Crippen molar-refractivity contribution in [2.24, 2.45) is 5.73 Å². The van der Waals surface area contributed by atoms with E-state index in [4.69, 9.17) is 10.7 Å². The minimum absolute atomic E-state index is 0.199. The van der Waals surface area contributed by atoms with Crippen LogP contribution in [0.2, 0.25) is 0 Å². The number of fused-ring (bicyclic) bond motifs is 2. The van der Waals surface area contributed by atoms with Gasteiger partial charge in [0, 0.05) is 23.8 Å². The molecule has 1 aromatic carbocycles. The quantitative estimate of drug-likeness (QED) is 0.425. The van der Waals surface area contributed by atoms with Crippen molar-refractivity contribution in [1.29, 1.82) is 0 Å². The number of hydrogen-bond acceptors (Lipinski definition) is 7. The van der Waals surface area contributed by atoms with Crippen LogP contribution in [0.1, 0.15) is 18.4 Å². The van der Waals surface area contributed by atoms with Crippen molar-refractivity contribution in [3.63, 3.8) is 0 Å². The minimum atomic E-state index is -0.233. The van der Waals surface area contributed by atoms with Gasteiger partial charge in [-0.2, -0.15) is 10.1 Å². The van der Waals surface area contributed by atoms with E-state index in [0.29, 0.717) is 35.6 Å². The Morgan fingerprint density at radius 3 is 2.93 bits per heavy atom. The van der Waals surface area contributed by atoms with Gasteiger partial charge in [-0.05, 0) is 65.5 Å². The number of hydrogen-bond donors (Lipinski definition) is 3. The maximum Gasteiger partial charge on any atom is 0.224 e. The van der Waals surface area contributed by atoms with E-state index in [1.165, 1.54) is 0 Å². The van der Waals surface area contributed by atoms with E-state index < -0.39 is 0 Å². The van der Waals surface area contributed by atoms with E-state index in [1.807, 2.05) is 16.8 Å². The number of rotatable bonds is 5. The highest BCUT2D eigenvalue weighted by molar-refractivity contribution is 9.10. The van der Waals surface area contributed by atoms with Gasteiger partial charge in [-0.15, -0.1) is 0 Å². The first-order valence-electron chi connectivity index (χ1n) is 9.56. The van der Waals surface area contributed by atoms with E-state index in [-0.39, 0.29) is 12.1 Å². The molecule has 3 aromatic heterocycles. The van der Waals surface area contributed by atoms with Crippen LogP contribution in [-0.4, -0.2) is 48.5 Å². The summed E-state index contributed by atoms with van der Waals surface area (Å²) in [4.78, 5) is 13.6. The van der Waals surface area contributed by atoms with E-state index in [9.17, 15) is 5.11 Å². The molecule has 1 aliphatic rings. The Balaban J connectivity index is 1.62. The Hall–Kier alpha value is -2.62. The molecule has 0 unspecified atom stereocenters. The molecule has 1 saturated carbocycles. The second-order valence-corrected chi connectivity index (χ2v) is 8.07. The highest BCUT2D eigenvalue weighted by Gasteiger charge is 2.27. The van der Waals surface area contributed by atoms with Crippen molar-refractivity contribution in [3.05, 3.63) is 46.8 Å². The molecular weight excluding hydrogens is 434 g/mol. The predicted octanol–water partition coefficient (Wildman–Crippen LogP) is 2.56. The average Bonchev–Trinajstić information content (AvgIpc) is 3.03. The van der Waals surface area contributed by atoms with Crippen LogP contribution in [0.5, 0.6) is 0 Å². The Morgan fingerprint density at radius 1 is 1.28 bits per heavy atom. The summed E-state index contributed by atoms with van der Waals surface area (Å²) in [5, 5.41) is 19.3. The number of halogens is 1. The fourth-order valence-electron chi connectivity index (χ4n) is 3.73. The lowest BCUT2D eigenvalue weighted by molar-refractivity contribution is 0.0834. The number of benzene rings is 1. The van der Waals surface area contributed by atoms with Gasteiger partial charge in [0.05, 0.1) is 22.7 Å². The third kappa shape index (κ3) is 3.35. The third-order valence-electron chi connectivity index (χ3n) is 5.25.